The van der Waals surface area contributed by atoms with Gasteiger partial charge in [-0.05, 0) is 78.6 Å². The second-order valence-electron chi connectivity index (χ2n) is 9.81. The molecular formula is C32H25ClF4N4OS. The zero-order valence-corrected chi connectivity index (χ0v) is 24.3. The number of benzene rings is 4. The van der Waals surface area contributed by atoms with E-state index >= 15 is 0 Å². The van der Waals surface area contributed by atoms with Crippen LogP contribution in [-0.2, 0) is 18.3 Å². The topological polar surface area (TPSA) is 59.8 Å². The van der Waals surface area contributed by atoms with Crippen LogP contribution in [0, 0.1) is 12.7 Å². The maximum Gasteiger partial charge on any atom is 0.416 e. The number of aromatic nitrogens is 3. The Balaban J connectivity index is 1.55. The highest BCUT2D eigenvalue weighted by Crippen LogP contribution is 2.32. The van der Waals surface area contributed by atoms with Crippen molar-refractivity contribution in [2.24, 2.45) is 0 Å². The van der Waals surface area contributed by atoms with E-state index in [9.17, 15) is 22.4 Å². The van der Waals surface area contributed by atoms with Gasteiger partial charge in [0.15, 0.2) is 11.0 Å². The second kappa shape index (κ2) is 13.0. The van der Waals surface area contributed by atoms with E-state index in [4.69, 9.17) is 11.6 Å². The lowest BCUT2D eigenvalue weighted by Gasteiger charge is -2.21. The quantitative estimate of drug-likeness (QED) is 0.132. The summed E-state index contributed by atoms with van der Waals surface area (Å²) in [5, 5.41) is 12.9. The monoisotopic (exact) mass is 624 g/mol. The van der Waals surface area contributed by atoms with E-state index in [1.807, 2.05) is 47.9 Å². The Morgan fingerprint density at radius 1 is 0.930 bits per heavy atom. The fourth-order valence-corrected chi connectivity index (χ4v) is 5.56. The van der Waals surface area contributed by atoms with Crippen molar-refractivity contribution in [3.63, 3.8) is 0 Å². The Morgan fingerprint density at radius 3 is 2.30 bits per heavy atom. The first kappa shape index (κ1) is 30.3. The molecule has 0 aliphatic rings. The molecule has 0 saturated carbocycles. The van der Waals surface area contributed by atoms with E-state index in [2.05, 4.69) is 15.5 Å². The van der Waals surface area contributed by atoms with Gasteiger partial charge >= 0.3 is 6.18 Å². The summed E-state index contributed by atoms with van der Waals surface area (Å²) < 4.78 is 54.6. The van der Waals surface area contributed by atoms with E-state index in [1.165, 1.54) is 23.9 Å². The minimum atomic E-state index is -4.52. The third-order valence-corrected chi connectivity index (χ3v) is 7.96. The van der Waals surface area contributed by atoms with Gasteiger partial charge in [-0.2, -0.15) is 13.2 Å². The number of nitrogens with one attached hydrogen (secondary N) is 1. The van der Waals surface area contributed by atoms with Crippen LogP contribution in [0.1, 0.15) is 44.5 Å². The van der Waals surface area contributed by atoms with Gasteiger partial charge in [0.25, 0.3) is 5.91 Å². The summed E-state index contributed by atoms with van der Waals surface area (Å²) >= 11 is 7.78. The van der Waals surface area contributed by atoms with E-state index in [-0.39, 0.29) is 11.4 Å². The van der Waals surface area contributed by atoms with Gasteiger partial charge < -0.3 is 5.32 Å². The van der Waals surface area contributed by atoms with Crippen molar-refractivity contribution < 1.29 is 22.4 Å². The number of aryl methyl sites for hydroxylation is 1. The molecule has 4 aromatic carbocycles. The van der Waals surface area contributed by atoms with Gasteiger partial charge in [-0.1, -0.05) is 71.9 Å². The van der Waals surface area contributed by atoms with Crippen molar-refractivity contribution >= 4 is 29.3 Å². The molecule has 220 valence electrons. The summed E-state index contributed by atoms with van der Waals surface area (Å²) in [7, 11) is 0. The number of nitrogens with zero attached hydrogens (tertiary/aromatic N) is 3. The Bertz CT molecular complexity index is 1710. The van der Waals surface area contributed by atoms with Crippen LogP contribution in [0.4, 0.5) is 17.6 Å². The Morgan fingerprint density at radius 2 is 1.63 bits per heavy atom. The zero-order valence-electron chi connectivity index (χ0n) is 22.8. The highest BCUT2D eigenvalue weighted by atomic mass is 35.5. The lowest BCUT2D eigenvalue weighted by atomic mass is 10.0. The average Bonchev–Trinajstić information content (AvgIpc) is 3.41. The molecule has 0 aliphatic carbocycles. The maximum absolute atomic E-state index is 13.5. The minimum Gasteiger partial charge on any atom is -0.342 e. The molecule has 1 unspecified atom stereocenters. The number of alkyl halides is 3. The number of halogens is 5. The normalized spacial score (nSPS) is 12.2. The Hall–Kier alpha value is -4.15. The van der Waals surface area contributed by atoms with Crippen LogP contribution in [0.25, 0.3) is 5.69 Å². The van der Waals surface area contributed by atoms with E-state index < -0.39 is 23.7 Å². The first-order valence-electron chi connectivity index (χ1n) is 13.2. The molecule has 0 bridgehead atoms. The highest BCUT2D eigenvalue weighted by Gasteiger charge is 2.31. The van der Waals surface area contributed by atoms with Gasteiger partial charge in [-0.15, -0.1) is 10.2 Å². The average molecular weight is 625 g/mol. The van der Waals surface area contributed by atoms with Crippen LogP contribution in [0.3, 0.4) is 0 Å². The molecule has 0 fully saturated rings. The number of rotatable bonds is 9. The van der Waals surface area contributed by atoms with Crippen LogP contribution >= 0.6 is 23.4 Å². The zero-order chi connectivity index (χ0) is 30.6. The van der Waals surface area contributed by atoms with Gasteiger partial charge in [-0.3, -0.25) is 9.36 Å². The fraction of sp³-hybridized carbons (Fsp3) is 0.156. The van der Waals surface area contributed by atoms with Crippen LogP contribution in [0.15, 0.2) is 102 Å². The number of amides is 1. The van der Waals surface area contributed by atoms with E-state index in [0.29, 0.717) is 33.9 Å². The van der Waals surface area contributed by atoms with Crippen LogP contribution < -0.4 is 5.32 Å². The Kier molecular flexibility index (Phi) is 9.17. The lowest BCUT2D eigenvalue weighted by molar-refractivity contribution is -0.137. The molecule has 1 amide bonds. The van der Waals surface area contributed by atoms with Gasteiger partial charge in [0.05, 0.1) is 17.3 Å². The third kappa shape index (κ3) is 7.44. The molecular weight excluding hydrogens is 600 g/mol. The second-order valence-corrected chi connectivity index (χ2v) is 11.2. The number of hydrogen-bond donors (Lipinski definition) is 1. The number of carbonyl (C=O) groups is 1. The minimum absolute atomic E-state index is 0.0713. The van der Waals surface area contributed by atoms with Crippen molar-refractivity contribution in [3.05, 3.63) is 142 Å². The van der Waals surface area contributed by atoms with Crippen LogP contribution in [0.2, 0.25) is 5.02 Å². The standard InChI is InChI=1S/C32H25ClF4N4OS/c1-20-7-14-25(33)18-28(20)41-29(39-40-31(41)43-19-22-8-15-26(34)16-9-22)27(17-21-5-3-2-4-6-21)38-30(42)23-10-12-24(13-11-23)32(35,36)37/h2-16,18,27H,17,19H2,1H3,(H,38,42). The van der Waals surface area contributed by atoms with Gasteiger partial charge in [0, 0.05) is 16.3 Å². The molecule has 5 rings (SSSR count). The summed E-state index contributed by atoms with van der Waals surface area (Å²) in [5.74, 6) is -0.0100. The van der Waals surface area contributed by atoms with E-state index in [0.717, 1.165) is 41.0 Å². The highest BCUT2D eigenvalue weighted by molar-refractivity contribution is 7.98. The molecule has 11 heteroatoms. The molecule has 5 nitrogen and oxygen atoms in total. The molecule has 1 N–H and O–H groups in total. The molecule has 1 atom stereocenters. The molecule has 0 saturated heterocycles. The van der Waals surface area contributed by atoms with Gasteiger partial charge in [0.1, 0.15) is 5.82 Å². The van der Waals surface area contributed by atoms with E-state index in [1.54, 1.807) is 24.3 Å². The summed E-state index contributed by atoms with van der Waals surface area (Å²) in [5.41, 5.74) is 2.59. The molecule has 1 heterocycles. The summed E-state index contributed by atoms with van der Waals surface area (Å²) in [6.07, 6.45) is -4.19. The van der Waals surface area contributed by atoms with Crippen molar-refractivity contribution in [3.8, 4) is 5.69 Å². The first-order valence-corrected chi connectivity index (χ1v) is 14.6. The largest absolute Gasteiger partial charge is 0.416 e. The molecule has 0 radical (unpaired) electrons. The SMILES string of the molecule is Cc1ccc(Cl)cc1-n1c(SCc2ccc(F)cc2)nnc1C(Cc1ccccc1)NC(=O)c1ccc(C(F)(F)F)cc1. The van der Waals surface area contributed by atoms with Gasteiger partial charge in [0.2, 0.25) is 0 Å². The summed E-state index contributed by atoms with van der Waals surface area (Å²) in [4.78, 5) is 13.4. The first-order chi connectivity index (χ1) is 20.6. The predicted octanol–water partition coefficient (Wildman–Crippen LogP) is 8.39. The Labute approximate surface area is 254 Å². The van der Waals surface area contributed by atoms with Crippen molar-refractivity contribution in [1.82, 2.24) is 20.1 Å². The molecule has 43 heavy (non-hydrogen) atoms. The molecule has 5 aromatic rings. The summed E-state index contributed by atoms with van der Waals surface area (Å²) in [6, 6.07) is 24.3. The smallest absolute Gasteiger partial charge is 0.342 e. The number of hydrogen-bond acceptors (Lipinski definition) is 4. The van der Waals surface area contributed by atoms with Crippen LogP contribution in [-0.4, -0.2) is 20.7 Å². The molecule has 0 spiro atoms. The van der Waals surface area contributed by atoms with Crippen LogP contribution in [0.5, 0.6) is 0 Å². The van der Waals surface area contributed by atoms with Gasteiger partial charge in [-0.25, -0.2) is 4.39 Å². The fourth-order valence-electron chi connectivity index (χ4n) is 4.49. The third-order valence-electron chi connectivity index (χ3n) is 6.73. The number of thioether (sulfide) groups is 1. The van der Waals surface area contributed by atoms with Crippen molar-refractivity contribution in [2.75, 3.05) is 0 Å². The predicted molar refractivity (Wildman–Crippen MR) is 159 cm³/mol. The molecule has 0 aliphatic heterocycles. The molecule has 1 aromatic heterocycles. The lowest BCUT2D eigenvalue weighted by Crippen LogP contribution is -2.32. The van der Waals surface area contributed by atoms with Crippen molar-refractivity contribution in [2.45, 2.75) is 36.5 Å². The number of carbonyl (C=O) groups excluding carboxylic acids is 1. The maximum atomic E-state index is 13.5. The summed E-state index contributed by atoms with van der Waals surface area (Å²) in [6.45, 7) is 1.91. The van der Waals surface area contributed by atoms with Crippen molar-refractivity contribution in [1.29, 1.82) is 0 Å².